The van der Waals surface area contributed by atoms with Crippen LogP contribution in [0.2, 0.25) is 0 Å². The number of carboxylic acid groups (broad SMARTS) is 1. The lowest BCUT2D eigenvalue weighted by Crippen LogP contribution is -2.33. The van der Waals surface area contributed by atoms with Gasteiger partial charge in [0.2, 0.25) is 0 Å². The number of benzene rings is 1. The molecule has 0 bridgehead atoms. The molecule has 1 rings (SSSR count). The van der Waals surface area contributed by atoms with Crippen molar-refractivity contribution >= 4 is 21.9 Å². The molecular weight excluding hydrogens is 260 g/mol. The summed E-state index contributed by atoms with van der Waals surface area (Å²) in [5, 5.41) is 8.64. The number of hydrogen-bond donors (Lipinski definition) is 3. The van der Waals surface area contributed by atoms with E-state index in [-0.39, 0.29) is 12.5 Å². The van der Waals surface area contributed by atoms with Crippen LogP contribution in [-0.2, 0) is 4.79 Å². The number of aliphatic carboxylic acids is 1. The Morgan fingerprint density at radius 2 is 2.13 bits per heavy atom. The molecular formula is C10H13BrN2O2. The maximum Gasteiger partial charge on any atom is 0.320 e. The monoisotopic (exact) mass is 272 g/mol. The van der Waals surface area contributed by atoms with Crippen LogP contribution >= 0.6 is 15.9 Å². The van der Waals surface area contributed by atoms with Gasteiger partial charge in [-0.3, -0.25) is 4.79 Å². The molecule has 82 valence electrons. The highest BCUT2D eigenvalue weighted by molar-refractivity contribution is 9.10. The first-order valence-electron chi connectivity index (χ1n) is 4.50. The fraction of sp³-hybridized carbons (Fsp3) is 0.300. The molecule has 4 nitrogen and oxygen atoms in total. The highest BCUT2D eigenvalue weighted by Gasteiger charge is 2.17. The fourth-order valence-electron chi connectivity index (χ4n) is 1.25. The van der Waals surface area contributed by atoms with Crippen molar-refractivity contribution in [3.8, 4) is 0 Å². The molecule has 15 heavy (non-hydrogen) atoms. The van der Waals surface area contributed by atoms with E-state index in [0.717, 1.165) is 10.0 Å². The molecule has 1 aromatic rings. The number of carboxylic acids is 1. The van der Waals surface area contributed by atoms with E-state index in [1.54, 1.807) is 0 Å². The summed E-state index contributed by atoms with van der Waals surface area (Å²) in [7, 11) is 0. The Morgan fingerprint density at radius 1 is 1.47 bits per heavy atom. The van der Waals surface area contributed by atoms with Gasteiger partial charge >= 0.3 is 5.97 Å². The van der Waals surface area contributed by atoms with Gasteiger partial charge in [-0.1, -0.05) is 28.1 Å². The fourth-order valence-corrected chi connectivity index (χ4v) is 1.66. The topological polar surface area (TPSA) is 89.3 Å². The van der Waals surface area contributed by atoms with Crippen LogP contribution in [0, 0.1) is 0 Å². The van der Waals surface area contributed by atoms with Gasteiger partial charge in [0.25, 0.3) is 0 Å². The van der Waals surface area contributed by atoms with Crippen molar-refractivity contribution in [2.75, 3.05) is 0 Å². The summed E-state index contributed by atoms with van der Waals surface area (Å²) in [5.41, 5.74) is 12.1. The van der Waals surface area contributed by atoms with E-state index in [4.69, 9.17) is 16.6 Å². The van der Waals surface area contributed by atoms with Crippen molar-refractivity contribution in [3.05, 3.63) is 34.3 Å². The molecule has 0 spiro atoms. The minimum atomic E-state index is -1.03. The van der Waals surface area contributed by atoms with Crippen molar-refractivity contribution in [2.24, 2.45) is 11.5 Å². The summed E-state index contributed by atoms with van der Waals surface area (Å²) in [6, 6.07) is 6.18. The molecule has 0 aliphatic carbocycles. The summed E-state index contributed by atoms with van der Waals surface area (Å²) in [6.07, 6.45) is 0.228. The molecule has 0 fully saturated rings. The lowest BCUT2D eigenvalue weighted by Gasteiger charge is -2.14. The quantitative estimate of drug-likeness (QED) is 0.770. The number of carbonyl (C=O) groups is 1. The van der Waals surface area contributed by atoms with Crippen LogP contribution in [0.25, 0.3) is 0 Å². The van der Waals surface area contributed by atoms with Crippen molar-refractivity contribution in [1.29, 1.82) is 0 Å². The molecule has 0 saturated heterocycles. The van der Waals surface area contributed by atoms with Crippen molar-refractivity contribution in [3.63, 3.8) is 0 Å². The van der Waals surface area contributed by atoms with E-state index in [1.807, 2.05) is 24.3 Å². The molecule has 0 aliphatic rings. The maximum absolute atomic E-state index is 10.5. The summed E-state index contributed by atoms with van der Waals surface area (Å²) >= 11 is 3.32. The van der Waals surface area contributed by atoms with E-state index in [0.29, 0.717) is 0 Å². The number of rotatable bonds is 4. The highest BCUT2D eigenvalue weighted by Crippen LogP contribution is 2.19. The minimum Gasteiger partial charge on any atom is -0.480 e. The zero-order valence-electron chi connectivity index (χ0n) is 8.06. The zero-order valence-corrected chi connectivity index (χ0v) is 9.65. The second-order valence-electron chi connectivity index (χ2n) is 3.34. The second kappa shape index (κ2) is 5.25. The molecule has 0 aliphatic heterocycles. The Bertz CT molecular complexity index is 357. The molecule has 1 aromatic carbocycles. The first kappa shape index (κ1) is 12.2. The Labute approximate surface area is 96.4 Å². The summed E-state index contributed by atoms with van der Waals surface area (Å²) in [6.45, 7) is 0. The van der Waals surface area contributed by atoms with Gasteiger partial charge in [-0.2, -0.15) is 0 Å². The van der Waals surface area contributed by atoms with Gasteiger partial charge in [-0.25, -0.2) is 0 Å². The van der Waals surface area contributed by atoms with E-state index >= 15 is 0 Å². The molecule has 5 N–H and O–H groups in total. The second-order valence-corrected chi connectivity index (χ2v) is 4.26. The van der Waals surface area contributed by atoms with Crippen LogP contribution in [0.3, 0.4) is 0 Å². The van der Waals surface area contributed by atoms with Gasteiger partial charge in [-0.05, 0) is 24.1 Å². The Kier molecular flexibility index (Phi) is 4.26. The molecule has 0 aromatic heterocycles. The average Bonchev–Trinajstić information content (AvgIpc) is 2.17. The average molecular weight is 273 g/mol. The summed E-state index contributed by atoms with van der Waals surface area (Å²) < 4.78 is 0.916. The van der Waals surface area contributed by atoms with E-state index < -0.39 is 12.0 Å². The van der Waals surface area contributed by atoms with E-state index in [2.05, 4.69) is 15.9 Å². The van der Waals surface area contributed by atoms with Gasteiger partial charge in [-0.15, -0.1) is 0 Å². The third-order valence-electron chi connectivity index (χ3n) is 2.10. The standard InChI is InChI=1S/C10H13BrN2O2/c11-7-3-1-2-6(4-7)8(12)5-9(13)10(14)15/h1-4,8-9H,5,12-13H2,(H,14,15). The van der Waals surface area contributed by atoms with Gasteiger partial charge in [0.1, 0.15) is 6.04 Å². The van der Waals surface area contributed by atoms with Crippen molar-refractivity contribution in [2.45, 2.75) is 18.5 Å². The van der Waals surface area contributed by atoms with Crippen LogP contribution in [0.5, 0.6) is 0 Å². The third-order valence-corrected chi connectivity index (χ3v) is 2.60. The van der Waals surface area contributed by atoms with E-state index in [9.17, 15) is 4.79 Å². The summed E-state index contributed by atoms with van der Waals surface area (Å²) in [4.78, 5) is 10.5. The SMILES string of the molecule is NC(CC(N)c1cccc(Br)c1)C(=O)O. The normalized spacial score (nSPS) is 14.6. The first-order valence-corrected chi connectivity index (χ1v) is 5.29. The van der Waals surface area contributed by atoms with Crippen LogP contribution < -0.4 is 11.5 Å². The van der Waals surface area contributed by atoms with Crippen molar-refractivity contribution < 1.29 is 9.90 Å². The molecule has 2 atom stereocenters. The third kappa shape index (κ3) is 3.62. The zero-order chi connectivity index (χ0) is 11.4. The number of hydrogen-bond acceptors (Lipinski definition) is 3. The minimum absolute atomic E-state index is 0.228. The lowest BCUT2D eigenvalue weighted by molar-refractivity contribution is -0.138. The van der Waals surface area contributed by atoms with Crippen LogP contribution in [0.1, 0.15) is 18.0 Å². The van der Waals surface area contributed by atoms with Gasteiger partial charge in [0, 0.05) is 10.5 Å². The number of nitrogens with two attached hydrogens (primary N) is 2. The molecule has 0 amide bonds. The van der Waals surface area contributed by atoms with Crippen LogP contribution in [0.15, 0.2) is 28.7 Å². The predicted octanol–water partition coefficient (Wildman–Crippen LogP) is 1.25. The largest absolute Gasteiger partial charge is 0.480 e. The maximum atomic E-state index is 10.5. The molecule has 0 heterocycles. The molecule has 5 heteroatoms. The highest BCUT2D eigenvalue weighted by atomic mass is 79.9. The van der Waals surface area contributed by atoms with E-state index in [1.165, 1.54) is 0 Å². The Balaban J connectivity index is 2.68. The summed E-state index contributed by atoms with van der Waals surface area (Å²) in [5.74, 6) is -1.03. The molecule has 0 radical (unpaired) electrons. The molecule has 0 saturated carbocycles. The predicted molar refractivity (Wildman–Crippen MR) is 61.3 cm³/mol. The first-order chi connectivity index (χ1) is 7.00. The molecule has 2 unspecified atom stereocenters. The smallest absolute Gasteiger partial charge is 0.320 e. The Morgan fingerprint density at radius 3 is 2.67 bits per heavy atom. The van der Waals surface area contributed by atoms with Crippen molar-refractivity contribution in [1.82, 2.24) is 0 Å². The van der Waals surface area contributed by atoms with Gasteiger partial charge in [0.15, 0.2) is 0 Å². The number of halogens is 1. The van der Waals surface area contributed by atoms with Crippen LogP contribution in [-0.4, -0.2) is 17.1 Å². The van der Waals surface area contributed by atoms with Crippen LogP contribution in [0.4, 0.5) is 0 Å². The lowest BCUT2D eigenvalue weighted by atomic mass is 10.0. The van der Waals surface area contributed by atoms with Gasteiger partial charge < -0.3 is 16.6 Å². The van der Waals surface area contributed by atoms with Gasteiger partial charge in [0.05, 0.1) is 0 Å². The Hall–Kier alpha value is -0.910.